The lowest BCUT2D eigenvalue weighted by atomic mass is 10.0. The van der Waals surface area contributed by atoms with E-state index in [1.165, 1.54) is 18.1 Å². The number of hydrogen-bond donors (Lipinski definition) is 3. The van der Waals surface area contributed by atoms with Crippen LogP contribution in [0.3, 0.4) is 0 Å². The molecule has 2 spiro atoms. The quantitative estimate of drug-likeness (QED) is 0.114. The van der Waals surface area contributed by atoms with Crippen molar-refractivity contribution in [2.24, 2.45) is 0 Å². The molecule has 16 nitrogen and oxygen atoms in total. The number of nitrogens with zero attached hydrogens (tertiary/aromatic N) is 2. The normalized spacial score (nSPS) is 15.8. The van der Waals surface area contributed by atoms with Crippen molar-refractivity contribution in [3.63, 3.8) is 0 Å². The van der Waals surface area contributed by atoms with Gasteiger partial charge in [-0.15, -0.1) is 0 Å². The topological polar surface area (TPSA) is 199 Å². The second kappa shape index (κ2) is 17.6. The molecule has 2 saturated carbocycles. The number of carbonyl (C=O) groups is 6. The first-order valence-electron chi connectivity index (χ1n) is 19.8. The van der Waals surface area contributed by atoms with E-state index in [4.69, 9.17) is 23.7 Å². The van der Waals surface area contributed by atoms with Crippen LogP contribution in [0, 0.1) is 13.8 Å². The lowest BCUT2D eigenvalue weighted by Gasteiger charge is -2.35. The highest BCUT2D eigenvalue weighted by Crippen LogP contribution is 2.51. The molecule has 0 bridgehead atoms. The molecule has 2 fully saturated rings. The van der Waals surface area contributed by atoms with Crippen LogP contribution in [0.4, 0.5) is 21.0 Å². The molecule has 318 valence electrons. The van der Waals surface area contributed by atoms with Crippen LogP contribution in [0.2, 0.25) is 0 Å². The summed E-state index contributed by atoms with van der Waals surface area (Å²) in [5.41, 5.74) is 2.70. The number of carboxylic acids is 1. The van der Waals surface area contributed by atoms with Gasteiger partial charge in [-0.3, -0.25) is 9.59 Å². The second-order valence-electron chi connectivity index (χ2n) is 15.1. The van der Waals surface area contributed by atoms with Crippen molar-refractivity contribution in [3.8, 4) is 11.5 Å². The summed E-state index contributed by atoms with van der Waals surface area (Å²) in [5.74, 6) is -0.900. The van der Waals surface area contributed by atoms with Crippen molar-refractivity contribution < 1.29 is 57.6 Å². The van der Waals surface area contributed by atoms with Crippen LogP contribution in [0.1, 0.15) is 68.7 Å². The number of carboxylic acid groups (broad SMARTS) is 1. The number of benzene rings is 4. The molecular formula is C45H46N4O12. The van der Waals surface area contributed by atoms with E-state index in [2.05, 4.69) is 10.6 Å². The third-order valence-corrected chi connectivity index (χ3v) is 10.8. The molecular weight excluding hydrogens is 789 g/mol. The Morgan fingerprint density at radius 2 is 1.07 bits per heavy atom. The Hall–Kier alpha value is -7.10. The van der Waals surface area contributed by atoms with Gasteiger partial charge < -0.3 is 49.2 Å². The number of rotatable bonds is 12. The van der Waals surface area contributed by atoms with Crippen LogP contribution in [0.15, 0.2) is 84.9 Å². The number of hydrogen-bond acceptors (Lipinski definition) is 11. The number of carbonyl (C=O) groups excluding carboxylic acids is 5. The fourth-order valence-electron chi connectivity index (χ4n) is 7.10. The van der Waals surface area contributed by atoms with E-state index in [0.29, 0.717) is 65.2 Å². The number of aryl methyl sites for hydroxylation is 2. The Bertz CT molecular complexity index is 2340. The minimum absolute atomic E-state index is 0.108. The number of aromatic carboxylic acids is 1. The van der Waals surface area contributed by atoms with Crippen LogP contribution in [0.25, 0.3) is 0 Å². The zero-order chi connectivity index (χ0) is 43.3. The Morgan fingerprint density at radius 1 is 0.656 bits per heavy atom. The van der Waals surface area contributed by atoms with Crippen molar-refractivity contribution in [2.45, 2.75) is 63.9 Å². The van der Waals surface area contributed by atoms with E-state index in [0.717, 1.165) is 11.1 Å². The predicted octanol–water partition coefficient (Wildman–Crippen LogP) is 5.84. The molecule has 4 aromatic carbocycles. The molecule has 8 rings (SSSR count). The molecule has 0 unspecified atom stereocenters. The Morgan fingerprint density at radius 3 is 1.46 bits per heavy atom. The summed E-state index contributed by atoms with van der Waals surface area (Å²) in [6, 6.07) is 25.1. The zero-order valence-corrected chi connectivity index (χ0v) is 34.0. The second-order valence-corrected chi connectivity index (χ2v) is 15.1. The molecule has 2 aliphatic carbocycles. The first-order valence-corrected chi connectivity index (χ1v) is 19.8. The van der Waals surface area contributed by atoms with E-state index in [9.17, 15) is 33.9 Å². The number of nitrogens with one attached hydrogen (secondary N) is 2. The van der Waals surface area contributed by atoms with Gasteiger partial charge in [-0.2, -0.15) is 0 Å². The first-order chi connectivity index (χ1) is 29.3. The van der Waals surface area contributed by atoms with Crippen molar-refractivity contribution in [1.29, 1.82) is 0 Å². The molecule has 0 saturated heterocycles. The Balaban J connectivity index is 0.000000184. The van der Waals surface area contributed by atoms with Crippen molar-refractivity contribution >= 4 is 47.3 Å². The molecule has 2 aliphatic heterocycles. The lowest BCUT2D eigenvalue weighted by molar-refractivity contribution is -0.128. The van der Waals surface area contributed by atoms with Gasteiger partial charge in [0.05, 0.1) is 29.6 Å². The lowest BCUT2D eigenvalue weighted by Crippen LogP contribution is -2.50. The summed E-state index contributed by atoms with van der Waals surface area (Å²) >= 11 is 0. The van der Waals surface area contributed by atoms with Gasteiger partial charge in [0.15, 0.2) is 11.2 Å². The standard InChI is InChI=1S/C23H24N2O6.C22H22N2O6/c1-15-12-19-18(13-17(15)20(26)29-2)25(21(27)23(31-19)8-9-23)11-10-24-22(28)30-14-16-6-4-3-5-7-16;1-14-11-18-17(12-16(14)19(25)26)24(20(27)22(30-18)7-8-22)10-9-23-21(28)29-13-15-5-3-2-4-6-15/h3-7,12-13H,8-11,14H2,1-2H3,(H,24,28);2-6,11-12H,7-10,13H2,1H3,(H,23,28)(H,25,26). The summed E-state index contributed by atoms with van der Waals surface area (Å²) in [6.07, 6.45) is 1.38. The minimum atomic E-state index is -1.07. The van der Waals surface area contributed by atoms with E-state index < -0.39 is 35.3 Å². The average molecular weight is 835 g/mol. The highest BCUT2D eigenvalue weighted by Gasteiger charge is 2.59. The van der Waals surface area contributed by atoms with E-state index >= 15 is 0 Å². The number of anilines is 2. The number of fused-ring (bicyclic) bond motifs is 2. The summed E-state index contributed by atoms with van der Waals surface area (Å²) in [5, 5.41) is 14.7. The number of methoxy groups -OCH3 is 1. The van der Waals surface area contributed by atoms with Crippen LogP contribution < -0.4 is 29.9 Å². The van der Waals surface area contributed by atoms with Crippen LogP contribution in [-0.4, -0.2) is 85.5 Å². The van der Waals surface area contributed by atoms with Crippen LogP contribution in [0.5, 0.6) is 11.5 Å². The average Bonchev–Trinajstić information content (AvgIpc) is 4.20. The maximum atomic E-state index is 13.0. The molecule has 0 radical (unpaired) electrons. The predicted molar refractivity (Wildman–Crippen MR) is 220 cm³/mol. The highest BCUT2D eigenvalue weighted by molar-refractivity contribution is 6.07. The molecule has 16 heteroatoms. The van der Waals surface area contributed by atoms with Gasteiger partial charge in [0.25, 0.3) is 11.8 Å². The number of ether oxygens (including phenoxy) is 5. The van der Waals surface area contributed by atoms with E-state index in [-0.39, 0.29) is 56.8 Å². The van der Waals surface area contributed by atoms with Crippen molar-refractivity contribution in [1.82, 2.24) is 10.6 Å². The molecule has 4 aromatic rings. The largest absolute Gasteiger partial charge is 0.478 e. The van der Waals surface area contributed by atoms with Gasteiger partial charge >= 0.3 is 24.1 Å². The molecule has 3 N–H and O–H groups in total. The molecule has 4 aliphatic rings. The van der Waals surface area contributed by atoms with Gasteiger partial charge in [0, 0.05) is 51.9 Å². The third kappa shape index (κ3) is 9.38. The number of alkyl carbamates (subject to hydrolysis) is 2. The molecule has 2 heterocycles. The fourth-order valence-corrected chi connectivity index (χ4v) is 7.10. The fraction of sp³-hybridized carbons (Fsp3) is 0.333. The Kier molecular flexibility index (Phi) is 12.2. The summed E-state index contributed by atoms with van der Waals surface area (Å²) in [7, 11) is 1.31. The van der Waals surface area contributed by atoms with E-state index in [1.54, 1.807) is 36.9 Å². The SMILES string of the molecule is COC(=O)c1cc2c(cc1C)OC1(CC1)C(=O)N2CCNC(=O)OCc1ccccc1.Cc1cc2c(cc1C(=O)O)N(CCNC(=O)OCc1ccccc1)C(=O)C1(CC1)O2. The van der Waals surface area contributed by atoms with Gasteiger partial charge in [-0.1, -0.05) is 60.7 Å². The summed E-state index contributed by atoms with van der Waals surface area (Å²) in [6.45, 7) is 4.55. The third-order valence-electron chi connectivity index (χ3n) is 10.8. The van der Waals surface area contributed by atoms with Crippen molar-refractivity contribution in [2.75, 3.05) is 43.1 Å². The molecule has 0 atom stereocenters. The summed E-state index contributed by atoms with van der Waals surface area (Å²) in [4.78, 5) is 76.6. The monoisotopic (exact) mass is 834 g/mol. The zero-order valence-electron chi connectivity index (χ0n) is 34.0. The molecule has 61 heavy (non-hydrogen) atoms. The summed E-state index contributed by atoms with van der Waals surface area (Å²) < 4.78 is 27.1. The van der Waals surface area contributed by atoms with Crippen molar-refractivity contribution in [3.05, 3.63) is 118 Å². The van der Waals surface area contributed by atoms with E-state index in [1.807, 2.05) is 60.7 Å². The number of esters is 1. The Labute approximate surface area is 351 Å². The highest BCUT2D eigenvalue weighted by atomic mass is 16.6. The van der Waals surface area contributed by atoms with Gasteiger partial charge in [-0.05, 0) is 60.4 Å². The first kappa shape index (κ1) is 42.0. The molecule has 4 amide bonds. The van der Waals surface area contributed by atoms with Gasteiger partial charge in [-0.25, -0.2) is 19.2 Å². The van der Waals surface area contributed by atoms with Gasteiger partial charge in [0.2, 0.25) is 0 Å². The minimum Gasteiger partial charge on any atom is -0.478 e. The maximum absolute atomic E-state index is 13.0. The smallest absolute Gasteiger partial charge is 0.407 e. The van der Waals surface area contributed by atoms with Crippen LogP contribution >= 0.6 is 0 Å². The van der Waals surface area contributed by atoms with Crippen LogP contribution in [-0.2, 0) is 37.0 Å². The number of amides is 4. The maximum Gasteiger partial charge on any atom is 0.407 e. The van der Waals surface area contributed by atoms with Gasteiger partial charge in [0.1, 0.15) is 24.7 Å². The molecule has 0 aromatic heterocycles.